The predicted octanol–water partition coefficient (Wildman–Crippen LogP) is 4.72. The van der Waals surface area contributed by atoms with Crippen LogP contribution in [0.4, 0.5) is 0 Å². The maximum atomic E-state index is 10.6. The summed E-state index contributed by atoms with van der Waals surface area (Å²) in [6.07, 6.45) is 1.39. The number of aliphatic hydroxyl groups is 2. The van der Waals surface area contributed by atoms with Crippen LogP contribution in [-0.4, -0.2) is 60.4 Å². The largest absolute Gasteiger partial charge is 0.416 e. The molecule has 1 saturated heterocycles. The number of aryl methyl sites for hydroxylation is 1. The molecule has 3 heterocycles. The van der Waals surface area contributed by atoms with Gasteiger partial charge < -0.3 is 19.2 Å². The zero-order valence-electron chi connectivity index (χ0n) is 21.8. The van der Waals surface area contributed by atoms with Crippen LogP contribution in [0.5, 0.6) is 0 Å². The molecule has 184 valence electrons. The molecule has 4 rings (SSSR count). The molecule has 2 aliphatic rings. The highest BCUT2D eigenvalue weighted by molar-refractivity contribution is 6.74. The number of hydrogen-bond donors (Lipinski definition) is 2. The lowest BCUT2D eigenvalue weighted by Crippen LogP contribution is -2.57. The Bertz CT molecular complexity index is 993. The monoisotopic (exact) mass is 472 g/mol. The van der Waals surface area contributed by atoms with Crippen LogP contribution in [0, 0.1) is 17.8 Å². The van der Waals surface area contributed by atoms with Gasteiger partial charge in [0.05, 0.1) is 12.1 Å². The Morgan fingerprint density at radius 2 is 1.85 bits per heavy atom. The summed E-state index contributed by atoms with van der Waals surface area (Å²) in [5.41, 5.74) is 4.18. The molecule has 0 aliphatic carbocycles. The summed E-state index contributed by atoms with van der Waals surface area (Å²) in [5, 5.41) is 22.5. The van der Waals surface area contributed by atoms with E-state index in [9.17, 15) is 10.2 Å². The van der Waals surface area contributed by atoms with Crippen LogP contribution in [0.15, 0.2) is 24.3 Å². The van der Waals surface area contributed by atoms with Crippen molar-refractivity contribution in [1.82, 2.24) is 9.47 Å². The van der Waals surface area contributed by atoms with Gasteiger partial charge in [0.15, 0.2) is 8.32 Å². The van der Waals surface area contributed by atoms with Crippen LogP contribution in [0.2, 0.25) is 18.1 Å². The standard InChI is InChI=1S/C27H44N2O3Si/c1-17(31)21(15-30)19-13-25-26-20(18-11-9-10-12-23(18)29(26)6)14-24(28(25)5)22(19)16-32-33(7,8)27(2,3)4/h9-12,17,19,21-22,24-25,30-31H,13-16H2,1-8H3/t17?,19-,21?,22-,24+,25+/m1/s1. The second-order valence-electron chi connectivity index (χ2n) is 12.1. The molecule has 0 spiro atoms. The average Bonchev–Trinajstić information content (AvgIpc) is 3.00. The Labute approximate surface area is 200 Å². The summed E-state index contributed by atoms with van der Waals surface area (Å²) < 4.78 is 9.18. The molecule has 6 atom stereocenters. The van der Waals surface area contributed by atoms with E-state index in [4.69, 9.17) is 4.43 Å². The van der Waals surface area contributed by atoms with E-state index in [1.165, 1.54) is 22.2 Å². The highest BCUT2D eigenvalue weighted by atomic mass is 28.4. The Morgan fingerprint density at radius 3 is 2.45 bits per heavy atom. The number of benzene rings is 1. The summed E-state index contributed by atoms with van der Waals surface area (Å²) in [4.78, 5) is 2.56. The molecule has 0 radical (unpaired) electrons. The molecule has 2 aliphatic heterocycles. The van der Waals surface area contributed by atoms with Crippen LogP contribution in [0.3, 0.4) is 0 Å². The lowest BCUT2D eigenvalue weighted by molar-refractivity contribution is -0.0709. The molecule has 1 aromatic carbocycles. The van der Waals surface area contributed by atoms with Gasteiger partial charge in [-0.25, -0.2) is 0 Å². The van der Waals surface area contributed by atoms with Crippen molar-refractivity contribution < 1.29 is 14.6 Å². The molecular weight excluding hydrogens is 428 g/mol. The summed E-state index contributed by atoms with van der Waals surface area (Å²) in [6.45, 7) is 14.1. The number of aliphatic hydroxyl groups excluding tert-OH is 2. The van der Waals surface area contributed by atoms with Crippen LogP contribution in [0.25, 0.3) is 10.9 Å². The molecule has 2 N–H and O–H groups in total. The fourth-order valence-electron chi connectivity index (χ4n) is 6.25. The van der Waals surface area contributed by atoms with Gasteiger partial charge in [-0.15, -0.1) is 0 Å². The van der Waals surface area contributed by atoms with Gasteiger partial charge in [0, 0.05) is 54.7 Å². The van der Waals surface area contributed by atoms with Gasteiger partial charge in [0.25, 0.3) is 0 Å². The smallest absolute Gasteiger partial charge is 0.191 e. The number of aromatic nitrogens is 1. The second-order valence-corrected chi connectivity index (χ2v) is 16.9. The molecule has 5 nitrogen and oxygen atoms in total. The van der Waals surface area contributed by atoms with E-state index in [-0.39, 0.29) is 35.4 Å². The number of para-hydroxylation sites is 1. The van der Waals surface area contributed by atoms with Gasteiger partial charge in [-0.1, -0.05) is 39.0 Å². The Morgan fingerprint density at radius 1 is 1.18 bits per heavy atom. The third-order valence-electron chi connectivity index (χ3n) is 9.37. The van der Waals surface area contributed by atoms with E-state index in [0.717, 1.165) is 12.8 Å². The first-order chi connectivity index (χ1) is 15.4. The van der Waals surface area contributed by atoms with Crippen molar-refractivity contribution in [1.29, 1.82) is 0 Å². The summed E-state index contributed by atoms with van der Waals surface area (Å²) in [5.74, 6) is 0.365. The van der Waals surface area contributed by atoms with E-state index in [0.29, 0.717) is 12.6 Å². The van der Waals surface area contributed by atoms with Crippen molar-refractivity contribution in [2.75, 3.05) is 20.3 Å². The van der Waals surface area contributed by atoms with E-state index in [1.54, 1.807) is 0 Å². The maximum absolute atomic E-state index is 10.6. The third-order valence-corrected chi connectivity index (χ3v) is 13.9. The lowest BCUT2D eigenvalue weighted by atomic mass is 9.65. The third kappa shape index (κ3) is 4.12. The van der Waals surface area contributed by atoms with Gasteiger partial charge in [-0.05, 0) is 62.5 Å². The summed E-state index contributed by atoms with van der Waals surface area (Å²) >= 11 is 0. The first-order valence-corrected chi connectivity index (χ1v) is 15.5. The Hall–Kier alpha value is -1.18. The Kier molecular flexibility index (Phi) is 6.64. The topological polar surface area (TPSA) is 57.9 Å². The van der Waals surface area contributed by atoms with Crippen molar-refractivity contribution in [3.63, 3.8) is 0 Å². The number of rotatable bonds is 6. The Balaban J connectivity index is 1.76. The van der Waals surface area contributed by atoms with Crippen molar-refractivity contribution in [3.05, 3.63) is 35.5 Å². The van der Waals surface area contributed by atoms with Crippen molar-refractivity contribution >= 4 is 19.2 Å². The number of nitrogens with zero attached hydrogens (tertiary/aromatic N) is 2. The quantitative estimate of drug-likeness (QED) is 0.597. The normalized spacial score (nSPS) is 28.1. The number of fused-ring (bicyclic) bond motifs is 6. The first-order valence-electron chi connectivity index (χ1n) is 12.6. The molecule has 2 aromatic rings. The van der Waals surface area contributed by atoms with E-state index in [1.807, 2.05) is 6.92 Å². The van der Waals surface area contributed by atoms with Crippen LogP contribution in [0.1, 0.15) is 51.4 Å². The minimum absolute atomic E-state index is 0.0179. The summed E-state index contributed by atoms with van der Waals surface area (Å²) in [7, 11) is 2.54. The molecular formula is C27H44N2O3Si. The SMILES string of the molecule is CC(O)C(CO)[C@H]1C[C@H]2c3c(c4ccccc4n3C)C[C@@H]([C@@H]1CO[Si](C)(C)C(C)(C)C)N2C. The zero-order valence-corrected chi connectivity index (χ0v) is 22.8. The molecule has 2 unspecified atom stereocenters. The second kappa shape index (κ2) is 8.79. The van der Waals surface area contributed by atoms with Crippen molar-refractivity contribution in [2.45, 2.75) is 76.9 Å². The lowest BCUT2D eigenvalue weighted by Gasteiger charge is -2.54. The van der Waals surface area contributed by atoms with Crippen LogP contribution < -0.4 is 0 Å². The molecule has 0 saturated carbocycles. The van der Waals surface area contributed by atoms with Gasteiger partial charge in [0.2, 0.25) is 0 Å². The molecule has 0 amide bonds. The molecule has 33 heavy (non-hydrogen) atoms. The van der Waals surface area contributed by atoms with Crippen LogP contribution >= 0.6 is 0 Å². The molecule has 1 fully saturated rings. The van der Waals surface area contributed by atoms with E-state index >= 15 is 0 Å². The first kappa shape index (κ1) is 24.9. The van der Waals surface area contributed by atoms with Crippen molar-refractivity contribution in [3.8, 4) is 0 Å². The van der Waals surface area contributed by atoms with Gasteiger partial charge >= 0.3 is 0 Å². The molecule has 1 aromatic heterocycles. The van der Waals surface area contributed by atoms with Crippen LogP contribution in [-0.2, 0) is 17.9 Å². The van der Waals surface area contributed by atoms with Gasteiger partial charge in [-0.2, -0.15) is 0 Å². The fraction of sp³-hybridized carbons (Fsp3) is 0.704. The molecule has 2 bridgehead atoms. The highest BCUT2D eigenvalue weighted by Gasteiger charge is 2.50. The number of piperidine rings is 1. The van der Waals surface area contributed by atoms with E-state index in [2.05, 4.69) is 81.7 Å². The number of likely N-dealkylation sites (N-methyl/N-ethyl adjacent to an activating group) is 1. The zero-order chi connectivity index (χ0) is 24.3. The van der Waals surface area contributed by atoms with Gasteiger partial charge in [0.1, 0.15) is 0 Å². The van der Waals surface area contributed by atoms with Crippen molar-refractivity contribution in [2.24, 2.45) is 24.8 Å². The maximum Gasteiger partial charge on any atom is 0.191 e. The van der Waals surface area contributed by atoms with Gasteiger partial charge in [-0.3, -0.25) is 4.90 Å². The summed E-state index contributed by atoms with van der Waals surface area (Å²) in [6, 6.07) is 9.38. The molecule has 6 heteroatoms. The minimum atomic E-state index is -1.91. The van der Waals surface area contributed by atoms with E-state index < -0.39 is 14.4 Å². The number of hydrogen-bond acceptors (Lipinski definition) is 4. The average molecular weight is 473 g/mol. The fourth-order valence-corrected chi connectivity index (χ4v) is 7.29. The minimum Gasteiger partial charge on any atom is -0.416 e. The predicted molar refractivity (Wildman–Crippen MR) is 138 cm³/mol. The highest BCUT2D eigenvalue weighted by Crippen LogP contribution is 2.51.